The van der Waals surface area contributed by atoms with Crippen LogP contribution in [-0.4, -0.2) is 10.4 Å². The van der Waals surface area contributed by atoms with Crippen molar-refractivity contribution in [3.63, 3.8) is 0 Å². The maximum atomic E-state index is 9.53. The van der Waals surface area contributed by atoms with Gasteiger partial charge in [0.25, 0.3) is 0 Å². The van der Waals surface area contributed by atoms with Crippen molar-refractivity contribution in [2.45, 2.75) is 0 Å². The Labute approximate surface area is 44.4 Å². The highest BCUT2D eigenvalue weighted by Crippen LogP contribution is 2.14. The van der Waals surface area contributed by atoms with Crippen LogP contribution in [-0.2, 0) is 9.09 Å². The highest BCUT2D eigenvalue weighted by atomic mass is 79.9. The first-order valence-electron chi connectivity index (χ1n) is 1.19. The molecule has 0 aliphatic heterocycles. The Balaban J connectivity index is 2.83. The summed E-state index contributed by atoms with van der Waals surface area (Å²) in [7, 11) is -2.68. The fourth-order valence-corrected chi connectivity index (χ4v) is 0.728. The number of halogens is 1. The van der Waals surface area contributed by atoms with Crippen LogP contribution in [0.3, 0.4) is 0 Å². The first kappa shape index (κ1) is 6.63. The molecule has 1 N–H and O–H groups in total. The molecule has 3 nitrogen and oxygen atoms in total. The molecule has 0 aliphatic rings. The fraction of sp³-hybridized carbons (Fsp3) is 1.00. The predicted molar refractivity (Wildman–Crippen MR) is 26.1 cm³/mol. The lowest BCUT2D eigenvalue weighted by Gasteiger charge is -1.85. The summed E-state index contributed by atoms with van der Waals surface area (Å²) in [6, 6.07) is 0. The molecule has 38 valence electrons. The Bertz CT molecular complexity index is 54.8. The van der Waals surface area contributed by atoms with Crippen molar-refractivity contribution in [2.75, 3.05) is 5.52 Å². The molecule has 1 atom stereocenters. The van der Waals surface area contributed by atoms with E-state index in [4.69, 9.17) is 4.89 Å². The van der Waals surface area contributed by atoms with Crippen molar-refractivity contribution >= 4 is 24.2 Å². The van der Waals surface area contributed by atoms with Crippen LogP contribution in [0.25, 0.3) is 0 Å². The summed E-state index contributed by atoms with van der Waals surface area (Å²) < 4.78 is 13.6. The fourth-order valence-electron chi connectivity index (χ4n) is 0.0467. The minimum atomic E-state index is -2.68. The molecule has 0 saturated carbocycles. The minimum Gasteiger partial charge on any atom is -0.326 e. The smallest absolute Gasteiger partial charge is 0.317 e. The van der Waals surface area contributed by atoms with Crippen molar-refractivity contribution in [3.8, 4) is 0 Å². The van der Waals surface area contributed by atoms with Gasteiger partial charge in [0.1, 0.15) is 5.52 Å². The van der Waals surface area contributed by atoms with Crippen molar-refractivity contribution in [1.82, 2.24) is 0 Å². The number of alkyl halides is 1. The standard InChI is InChI=1S/CH4BrO3P/c2-1-5-6(3)4/h6H,1H2,(H,3,4). The monoisotopic (exact) mass is 174 g/mol. The summed E-state index contributed by atoms with van der Waals surface area (Å²) >= 11 is 2.79. The van der Waals surface area contributed by atoms with Crippen LogP contribution in [0.15, 0.2) is 0 Å². The Morgan fingerprint density at radius 3 is 2.50 bits per heavy atom. The van der Waals surface area contributed by atoms with E-state index in [9.17, 15) is 4.57 Å². The summed E-state index contributed by atoms with van der Waals surface area (Å²) in [5, 5.41) is 0. The molecule has 0 rings (SSSR count). The first-order valence-corrected chi connectivity index (χ1v) is 3.57. The second-order valence-corrected chi connectivity index (χ2v) is 1.80. The van der Waals surface area contributed by atoms with Gasteiger partial charge in [-0.15, -0.1) is 0 Å². The van der Waals surface area contributed by atoms with Gasteiger partial charge in [0.2, 0.25) is 0 Å². The highest BCUT2D eigenvalue weighted by Gasteiger charge is 1.82. The van der Waals surface area contributed by atoms with E-state index in [1.165, 1.54) is 0 Å². The van der Waals surface area contributed by atoms with E-state index in [0.29, 0.717) is 0 Å². The summed E-state index contributed by atoms with van der Waals surface area (Å²) in [6.07, 6.45) is 0. The predicted octanol–water partition coefficient (Wildman–Crippen LogP) is 0.737. The topological polar surface area (TPSA) is 46.5 Å². The van der Waals surface area contributed by atoms with E-state index in [2.05, 4.69) is 20.5 Å². The maximum absolute atomic E-state index is 9.53. The molecule has 0 bridgehead atoms. The molecular formula is CH4BrO3P. The van der Waals surface area contributed by atoms with Crippen molar-refractivity contribution in [1.29, 1.82) is 0 Å². The molecule has 0 aliphatic carbocycles. The zero-order valence-corrected chi connectivity index (χ0v) is 5.43. The highest BCUT2D eigenvalue weighted by molar-refractivity contribution is 9.09. The van der Waals surface area contributed by atoms with E-state index in [1.807, 2.05) is 0 Å². The second kappa shape index (κ2) is 3.81. The van der Waals surface area contributed by atoms with Gasteiger partial charge in [0.05, 0.1) is 0 Å². The van der Waals surface area contributed by atoms with Gasteiger partial charge < -0.3 is 4.89 Å². The Hall–Kier alpha value is 0.630. The average Bonchev–Trinajstić information content (AvgIpc) is 1.35. The van der Waals surface area contributed by atoms with Crippen LogP contribution < -0.4 is 0 Å². The third-order valence-corrected chi connectivity index (χ3v) is 1.22. The molecule has 0 saturated heterocycles. The van der Waals surface area contributed by atoms with Crippen LogP contribution in [0.5, 0.6) is 0 Å². The molecule has 0 aromatic heterocycles. The Kier molecular flexibility index (Phi) is 4.21. The van der Waals surface area contributed by atoms with Gasteiger partial charge in [-0.2, -0.15) is 0 Å². The van der Waals surface area contributed by atoms with Gasteiger partial charge >= 0.3 is 8.25 Å². The minimum absolute atomic E-state index is 0.126. The van der Waals surface area contributed by atoms with Gasteiger partial charge in [0, 0.05) is 0 Å². The van der Waals surface area contributed by atoms with Crippen LogP contribution in [0, 0.1) is 0 Å². The molecule has 0 radical (unpaired) electrons. The molecule has 0 fully saturated rings. The lowest BCUT2D eigenvalue weighted by molar-refractivity contribution is 0.334. The summed E-state index contributed by atoms with van der Waals surface area (Å²) in [5.41, 5.74) is 0.126. The van der Waals surface area contributed by atoms with Crippen LogP contribution >= 0.6 is 24.2 Å². The third-order valence-electron chi connectivity index (χ3n) is 0.178. The number of hydrogen-bond acceptors (Lipinski definition) is 2. The Morgan fingerprint density at radius 2 is 2.50 bits per heavy atom. The number of rotatable bonds is 2. The lowest BCUT2D eigenvalue weighted by atomic mass is 11.8. The van der Waals surface area contributed by atoms with E-state index >= 15 is 0 Å². The van der Waals surface area contributed by atoms with Crippen molar-refractivity contribution in [2.24, 2.45) is 0 Å². The van der Waals surface area contributed by atoms with Crippen LogP contribution in [0.1, 0.15) is 0 Å². The maximum Gasteiger partial charge on any atom is 0.317 e. The molecule has 6 heavy (non-hydrogen) atoms. The van der Waals surface area contributed by atoms with Gasteiger partial charge in [-0.25, -0.2) is 0 Å². The first-order chi connectivity index (χ1) is 2.77. The third kappa shape index (κ3) is 4.63. The zero-order valence-electron chi connectivity index (χ0n) is 2.85. The SMILES string of the molecule is O=[PH](O)OCBr. The second-order valence-electron chi connectivity index (χ2n) is 0.519. The molecule has 0 spiro atoms. The van der Waals surface area contributed by atoms with E-state index in [1.54, 1.807) is 0 Å². The lowest BCUT2D eigenvalue weighted by Crippen LogP contribution is -1.67. The quantitative estimate of drug-likeness (QED) is 0.497. The van der Waals surface area contributed by atoms with Gasteiger partial charge in [-0.05, 0) is 0 Å². The van der Waals surface area contributed by atoms with Crippen LogP contribution in [0.4, 0.5) is 0 Å². The molecule has 0 amide bonds. The van der Waals surface area contributed by atoms with Crippen molar-refractivity contribution < 1.29 is 14.0 Å². The molecule has 5 heteroatoms. The summed E-state index contributed by atoms with van der Waals surface area (Å²) in [6.45, 7) is 0. The van der Waals surface area contributed by atoms with Gasteiger partial charge in [-0.1, -0.05) is 15.9 Å². The zero-order chi connectivity index (χ0) is 4.99. The summed E-state index contributed by atoms with van der Waals surface area (Å²) in [4.78, 5) is 7.85. The number of hydrogen-bond donors (Lipinski definition) is 1. The summed E-state index contributed by atoms with van der Waals surface area (Å²) in [5.74, 6) is 0. The van der Waals surface area contributed by atoms with Gasteiger partial charge in [-0.3, -0.25) is 9.09 Å². The van der Waals surface area contributed by atoms with E-state index in [0.717, 1.165) is 0 Å². The largest absolute Gasteiger partial charge is 0.326 e. The molecule has 0 aromatic carbocycles. The molecule has 1 unspecified atom stereocenters. The van der Waals surface area contributed by atoms with E-state index < -0.39 is 8.25 Å². The molecule has 0 aromatic rings. The van der Waals surface area contributed by atoms with E-state index in [-0.39, 0.29) is 5.52 Å². The molecule has 0 heterocycles. The van der Waals surface area contributed by atoms with Crippen molar-refractivity contribution in [3.05, 3.63) is 0 Å². The Morgan fingerprint density at radius 1 is 2.00 bits per heavy atom. The van der Waals surface area contributed by atoms with Gasteiger partial charge in [0.15, 0.2) is 0 Å². The normalized spacial score (nSPS) is 14.3. The van der Waals surface area contributed by atoms with Crippen LogP contribution in [0.2, 0.25) is 0 Å². The average molecular weight is 175 g/mol. The molecular weight excluding hydrogens is 171 g/mol.